The van der Waals surface area contributed by atoms with Crippen LogP contribution in [-0.2, 0) is 4.79 Å². The van der Waals surface area contributed by atoms with Crippen molar-refractivity contribution in [1.82, 2.24) is 5.32 Å². The van der Waals surface area contributed by atoms with E-state index in [0.29, 0.717) is 5.92 Å². The summed E-state index contributed by atoms with van der Waals surface area (Å²) in [5.41, 5.74) is 2.11. The monoisotopic (exact) mass is 311 g/mol. The van der Waals surface area contributed by atoms with Gasteiger partial charge in [-0.1, -0.05) is 31.9 Å². The molecule has 1 aliphatic carbocycles. The Morgan fingerprint density at radius 3 is 2.48 bits per heavy atom. The van der Waals surface area contributed by atoms with Gasteiger partial charge in [0.2, 0.25) is 0 Å². The van der Waals surface area contributed by atoms with Crippen molar-refractivity contribution in [2.24, 2.45) is 5.92 Å². The number of carbonyl (C=O) groups is 1. The van der Waals surface area contributed by atoms with Crippen LogP contribution in [0, 0.1) is 17.2 Å². The van der Waals surface area contributed by atoms with Crippen molar-refractivity contribution in [2.45, 2.75) is 38.6 Å². The van der Waals surface area contributed by atoms with Gasteiger partial charge in [0, 0.05) is 25.8 Å². The Morgan fingerprint density at radius 2 is 1.91 bits per heavy atom. The van der Waals surface area contributed by atoms with E-state index in [2.05, 4.69) is 12.2 Å². The molecule has 2 unspecified atom stereocenters. The van der Waals surface area contributed by atoms with Gasteiger partial charge >= 0.3 is 0 Å². The number of nitriles is 1. The highest BCUT2D eigenvalue weighted by Gasteiger charge is 2.23. The summed E-state index contributed by atoms with van der Waals surface area (Å²) in [6.07, 6.45) is 6.17. The molecule has 0 aliphatic heterocycles. The van der Waals surface area contributed by atoms with Gasteiger partial charge in [-0.05, 0) is 42.5 Å². The molecule has 0 saturated heterocycles. The third-order valence-corrected chi connectivity index (χ3v) is 4.51. The lowest BCUT2D eigenvalue weighted by Crippen LogP contribution is -2.41. The quantitative estimate of drug-likeness (QED) is 0.685. The summed E-state index contributed by atoms with van der Waals surface area (Å²) in [6, 6.07) is 10.0. The Morgan fingerprint density at radius 1 is 1.26 bits per heavy atom. The highest BCUT2D eigenvalue weighted by atomic mass is 16.1. The molecule has 1 fully saturated rings. The number of nitrogens with one attached hydrogen (secondary N) is 1. The van der Waals surface area contributed by atoms with Crippen LogP contribution in [0.3, 0.4) is 0 Å². The van der Waals surface area contributed by atoms with Crippen molar-refractivity contribution in [2.75, 3.05) is 19.0 Å². The summed E-state index contributed by atoms with van der Waals surface area (Å²) >= 11 is 0. The zero-order valence-corrected chi connectivity index (χ0v) is 14.2. The summed E-state index contributed by atoms with van der Waals surface area (Å²) in [5.74, 6) is 0.218. The molecule has 1 N–H and O–H groups in total. The molecule has 1 saturated carbocycles. The largest absolute Gasteiger partial charge is 0.378 e. The predicted molar refractivity (Wildman–Crippen MR) is 93.9 cm³/mol. The number of benzene rings is 1. The predicted octanol–water partition coefficient (Wildman–Crippen LogP) is 3.35. The van der Waals surface area contributed by atoms with Gasteiger partial charge in [-0.25, -0.2) is 0 Å². The van der Waals surface area contributed by atoms with Gasteiger partial charge < -0.3 is 10.2 Å². The Labute approximate surface area is 138 Å². The van der Waals surface area contributed by atoms with Gasteiger partial charge in [0.05, 0.1) is 0 Å². The van der Waals surface area contributed by atoms with Crippen molar-refractivity contribution in [3.63, 3.8) is 0 Å². The number of hydrogen-bond acceptors (Lipinski definition) is 3. The number of nitrogens with zero attached hydrogens (tertiary/aromatic N) is 2. The van der Waals surface area contributed by atoms with Crippen LogP contribution in [-0.4, -0.2) is 26.0 Å². The minimum Gasteiger partial charge on any atom is -0.378 e. The van der Waals surface area contributed by atoms with Crippen molar-refractivity contribution in [3.05, 3.63) is 35.4 Å². The van der Waals surface area contributed by atoms with Crippen LogP contribution in [0.15, 0.2) is 29.8 Å². The number of hydrogen-bond donors (Lipinski definition) is 1. The van der Waals surface area contributed by atoms with E-state index in [1.165, 1.54) is 6.42 Å². The van der Waals surface area contributed by atoms with E-state index >= 15 is 0 Å². The molecule has 4 nitrogen and oxygen atoms in total. The molecule has 0 heterocycles. The van der Waals surface area contributed by atoms with Gasteiger partial charge in [0.1, 0.15) is 11.6 Å². The van der Waals surface area contributed by atoms with E-state index in [1.807, 2.05) is 49.3 Å². The van der Waals surface area contributed by atoms with Gasteiger partial charge in [-0.2, -0.15) is 5.26 Å². The molecule has 2 rings (SSSR count). The fourth-order valence-electron chi connectivity index (χ4n) is 2.96. The van der Waals surface area contributed by atoms with Crippen LogP contribution < -0.4 is 10.2 Å². The molecular formula is C19H25N3O. The normalized spacial score (nSPS) is 21.4. The molecule has 23 heavy (non-hydrogen) atoms. The zero-order valence-electron chi connectivity index (χ0n) is 14.2. The van der Waals surface area contributed by atoms with Crippen molar-refractivity contribution in [1.29, 1.82) is 5.26 Å². The highest BCUT2D eigenvalue weighted by molar-refractivity contribution is 6.01. The van der Waals surface area contributed by atoms with Crippen molar-refractivity contribution >= 4 is 17.7 Å². The molecule has 1 aromatic carbocycles. The molecule has 4 heteroatoms. The van der Waals surface area contributed by atoms with Crippen LogP contribution in [0.25, 0.3) is 6.08 Å². The summed E-state index contributed by atoms with van der Waals surface area (Å²) in [4.78, 5) is 14.4. The Hall–Kier alpha value is -2.28. The van der Waals surface area contributed by atoms with Crippen molar-refractivity contribution < 1.29 is 4.79 Å². The average molecular weight is 311 g/mol. The molecule has 0 bridgehead atoms. The first-order chi connectivity index (χ1) is 11.0. The third-order valence-electron chi connectivity index (χ3n) is 4.51. The topological polar surface area (TPSA) is 56.1 Å². The first kappa shape index (κ1) is 17.1. The standard InChI is InChI=1S/C19H25N3O/c1-14-6-4-5-7-18(14)21-19(23)16(13-20)12-15-8-10-17(11-9-15)22(2)3/h8-12,14,18H,4-7H2,1-3H3,(H,21,23). The second-order valence-electron chi connectivity index (χ2n) is 6.50. The van der Waals surface area contributed by atoms with E-state index in [0.717, 1.165) is 30.5 Å². The lowest BCUT2D eigenvalue weighted by Gasteiger charge is -2.29. The first-order valence-electron chi connectivity index (χ1n) is 8.21. The van der Waals surface area contributed by atoms with Gasteiger partial charge in [-0.15, -0.1) is 0 Å². The van der Waals surface area contributed by atoms with Gasteiger partial charge in [-0.3, -0.25) is 4.79 Å². The molecule has 1 aliphatic rings. The fraction of sp³-hybridized carbons (Fsp3) is 0.474. The fourth-order valence-corrected chi connectivity index (χ4v) is 2.96. The van der Waals surface area contributed by atoms with E-state index in [4.69, 9.17) is 0 Å². The second kappa shape index (κ2) is 7.82. The Bertz CT molecular complexity index is 610. The van der Waals surface area contributed by atoms with Gasteiger partial charge in [0.15, 0.2) is 0 Å². The zero-order chi connectivity index (χ0) is 16.8. The van der Waals surface area contributed by atoms with Crippen LogP contribution >= 0.6 is 0 Å². The molecule has 1 amide bonds. The Balaban J connectivity index is 2.08. The smallest absolute Gasteiger partial charge is 0.262 e. The van der Waals surface area contributed by atoms with Crippen LogP contribution in [0.1, 0.15) is 38.2 Å². The molecule has 1 aromatic rings. The minimum atomic E-state index is -0.261. The molecule has 0 radical (unpaired) electrons. The van der Waals surface area contributed by atoms with Crippen LogP contribution in [0.4, 0.5) is 5.69 Å². The molecule has 122 valence electrons. The maximum Gasteiger partial charge on any atom is 0.262 e. The van der Waals surface area contributed by atoms with Crippen molar-refractivity contribution in [3.8, 4) is 6.07 Å². The molecular weight excluding hydrogens is 286 g/mol. The van der Waals surface area contributed by atoms with Crippen LogP contribution in [0.5, 0.6) is 0 Å². The number of carbonyl (C=O) groups excluding carboxylic acids is 1. The number of rotatable bonds is 4. The summed E-state index contributed by atoms with van der Waals surface area (Å²) in [6.45, 7) is 2.17. The first-order valence-corrected chi connectivity index (χ1v) is 8.21. The van der Waals surface area contributed by atoms with E-state index in [9.17, 15) is 10.1 Å². The summed E-state index contributed by atoms with van der Waals surface area (Å²) in [7, 11) is 3.95. The van der Waals surface area contributed by atoms with Crippen LogP contribution in [0.2, 0.25) is 0 Å². The third kappa shape index (κ3) is 4.59. The number of anilines is 1. The van der Waals surface area contributed by atoms with E-state index in [-0.39, 0.29) is 17.5 Å². The highest BCUT2D eigenvalue weighted by Crippen LogP contribution is 2.24. The second-order valence-corrected chi connectivity index (χ2v) is 6.50. The van der Waals surface area contributed by atoms with E-state index in [1.54, 1.807) is 6.08 Å². The SMILES string of the molecule is CC1CCCCC1NC(=O)C(C#N)=Cc1ccc(N(C)C)cc1. The molecule has 0 spiro atoms. The molecule has 0 aromatic heterocycles. The number of amides is 1. The lowest BCUT2D eigenvalue weighted by atomic mass is 9.86. The summed E-state index contributed by atoms with van der Waals surface area (Å²) < 4.78 is 0. The summed E-state index contributed by atoms with van der Waals surface area (Å²) in [5, 5.41) is 12.3. The molecule has 2 atom stereocenters. The minimum absolute atomic E-state index is 0.167. The lowest BCUT2D eigenvalue weighted by molar-refractivity contribution is -0.118. The van der Waals surface area contributed by atoms with Gasteiger partial charge in [0.25, 0.3) is 5.91 Å². The maximum absolute atomic E-state index is 12.4. The van der Waals surface area contributed by atoms with E-state index < -0.39 is 0 Å². The Kier molecular flexibility index (Phi) is 5.81. The maximum atomic E-state index is 12.4. The average Bonchev–Trinajstić information content (AvgIpc) is 2.55.